The van der Waals surface area contributed by atoms with E-state index in [1.807, 2.05) is 0 Å². The lowest BCUT2D eigenvalue weighted by molar-refractivity contribution is 0.0625. The maximum Gasteiger partial charge on any atom is 0.509 e. The van der Waals surface area contributed by atoms with Crippen molar-refractivity contribution >= 4 is 6.16 Å². The van der Waals surface area contributed by atoms with Crippen LogP contribution in [-0.4, -0.2) is 18.4 Å². The standard InChI is InChI=1S/C18H14O3/c1-18-12-8-4-2-6-10(12)14(11-7-3-5-9-13(11)18)15-16(18)21-17(19)20-15/h2-9,14-16H,1H3/t14-,15-,16-,18+/m1/s1. The fourth-order valence-corrected chi connectivity index (χ4v) is 4.52. The highest BCUT2D eigenvalue weighted by atomic mass is 16.8. The molecule has 3 aliphatic carbocycles. The Morgan fingerprint density at radius 2 is 1.48 bits per heavy atom. The average molecular weight is 278 g/mol. The lowest BCUT2D eigenvalue weighted by Crippen LogP contribution is -2.55. The first-order valence-corrected chi connectivity index (χ1v) is 7.27. The monoisotopic (exact) mass is 278 g/mol. The molecule has 0 aromatic heterocycles. The molecule has 1 aliphatic heterocycles. The first-order chi connectivity index (χ1) is 10.2. The van der Waals surface area contributed by atoms with Crippen molar-refractivity contribution in [3.8, 4) is 0 Å². The van der Waals surface area contributed by atoms with Gasteiger partial charge >= 0.3 is 6.16 Å². The normalized spacial score (nSPS) is 34.5. The van der Waals surface area contributed by atoms with Gasteiger partial charge in [0.15, 0.2) is 12.2 Å². The Bertz CT molecular complexity index is 732. The SMILES string of the molecule is C[C@]12c3ccccc3[C@H](c3ccccc31)[C@H]1OC(=O)O[C@H]12. The molecule has 1 heterocycles. The minimum atomic E-state index is -0.540. The topological polar surface area (TPSA) is 35.5 Å². The van der Waals surface area contributed by atoms with E-state index in [4.69, 9.17) is 9.47 Å². The fourth-order valence-electron chi connectivity index (χ4n) is 4.52. The molecule has 1 fully saturated rings. The highest BCUT2D eigenvalue weighted by Gasteiger charge is 2.62. The summed E-state index contributed by atoms with van der Waals surface area (Å²) in [6.07, 6.45) is -0.992. The van der Waals surface area contributed by atoms with Gasteiger partial charge in [-0.3, -0.25) is 0 Å². The second-order valence-electron chi connectivity index (χ2n) is 6.23. The lowest BCUT2D eigenvalue weighted by atomic mass is 9.53. The highest BCUT2D eigenvalue weighted by Crippen LogP contribution is 2.59. The van der Waals surface area contributed by atoms with E-state index in [2.05, 4.69) is 55.5 Å². The zero-order chi connectivity index (χ0) is 14.2. The summed E-state index contributed by atoms with van der Waals surface area (Å²) in [6.45, 7) is 2.17. The Kier molecular flexibility index (Phi) is 1.88. The molecule has 3 heteroatoms. The number of carbonyl (C=O) groups is 1. The van der Waals surface area contributed by atoms with Crippen LogP contribution in [0.3, 0.4) is 0 Å². The van der Waals surface area contributed by atoms with Crippen LogP contribution < -0.4 is 0 Å². The maximum atomic E-state index is 11.7. The number of benzene rings is 2. The molecule has 4 aliphatic rings. The Morgan fingerprint density at radius 3 is 2.10 bits per heavy atom. The molecule has 0 radical (unpaired) electrons. The van der Waals surface area contributed by atoms with Crippen LogP contribution in [0, 0.1) is 0 Å². The highest BCUT2D eigenvalue weighted by molar-refractivity contribution is 5.69. The second-order valence-corrected chi connectivity index (χ2v) is 6.23. The third-order valence-corrected chi connectivity index (χ3v) is 5.36. The van der Waals surface area contributed by atoms with Gasteiger partial charge in [-0.25, -0.2) is 4.79 Å². The summed E-state index contributed by atoms with van der Waals surface area (Å²) in [5.41, 5.74) is 4.71. The van der Waals surface area contributed by atoms with Gasteiger partial charge in [0.05, 0.1) is 11.3 Å². The Balaban J connectivity index is 1.89. The number of hydrogen-bond donors (Lipinski definition) is 0. The zero-order valence-corrected chi connectivity index (χ0v) is 11.6. The van der Waals surface area contributed by atoms with Gasteiger partial charge in [0.25, 0.3) is 0 Å². The van der Waals surface area contributed by atoms with Crippen molar-refractivity contribution in [3.05, 3.63) is 70.8 Å². The third kappa shape index (κ3) is 1.15. The van der Waals surface area contributed by atoms with E-state index < -0.39 is 6.16 Å². The zero-order valence-electron chi connectivity index (χ0n) is 11.6. The Hall–Kier alpha value is -2.29. The van der Waals surface area contributed by atoms with Crippen molar-refractivity contribution < 1.29 is 14.3 Å². The molecule has 6 rings (SSSR count). The lowest BCUT2D eigenvalue weighted by Gasteiger charge is -2.51. The molecule has 21 heavy (non-hydrogen) atoms. The van der Waals surface area contributed by atoms with Crippen LogP contribution in [0.25, 0.3) is 0 Å². The smallest absolute Gasteiger partial charge is 0.426 e. The number of ether oxygens (including phenoxy) is 2. The molecule has 2 bridgehead atoms. The van der Waals surface area contributed by atoms with Crippen molar-refractivity contribution in [1.29, 1.82) is 0 Å². The quantitative estimate of drug-likeness (QED) is 0.693. The Morgan fingerprint density at radius 1 is 0.905 bits per heavy atom. The molecular weight excluding hydrogens is 264 g/mol. The van der Waals surface area contributed by atoms with E-state index in [0.717, 1.165) is 0 Å². The number of hydrogen-bond acceptors (Lipinski definition) is 3. The summed E-state index contributed by atoms with van der Waals surface area (Å²) in [7, 11) is 0. The van der Waals surface area contributed by atoms with Crippen LogP contribution in [0.1, 0.15) is 35.1 Å². The van der Waals surface area contributed by atoms with E-state index in [0.29, 0.717) is 0 Å². The number of carbonyl (C=O) groups excluding carboxylic acids is 1. The number of rotatable bonds is 0. The molecule has 0 spiro atoms. The predicted molar refractivity (Wildman–Crippen MR) is 76.3 cm³/mol. The van der Waals surface area contributed by atoms with Gasteiger partial charge in [-0.05, 0) is 29.2 Å². The van der Waals surface area contributed by atoms with E-state index in [-0.39, 0.29) is 23.5 Å². The van der Waals surface area contributed by atoms with Crippen LogP contribution >= 0.6 is 0 Å². The summed E-state index contributed by atoms with van der Waals surface area (Å²) < 4.78 is 11.1. The van der Waals surface area contributed by atoms with Crippen molar-refractivity contribution in [2.75, 3.05) is 0 Å². The first-order valence-electron chi connectivity index (χ1n) is 7.27. The van der Waals surface area contributed by atoms with Crippen molar-refractivity contribution in [1.82, 2.24) is 0 Å². The van der Waals surface area contributed by atoms with Gasteiger partial charge in [0, 0.05) is 0 Å². The summed E-state index contributed by atoms with van der Waals surface area (Å²) in [4.78, 5) is 11.7. The van der Waals surface area contributed by atoms with Gasteiger partial charge in [-0.1, -0.05) is 48.5 Å². The summed E-state index contributed by atoms with van der Waals surface area (Å²) >= 11 is 0. The summed E-state index contributed by atoms with van der Waals surface area (Å²) in [6, 6.07) is 16.8. The van der Waals surface area contributed by atoms with Crippen LogP contribution in [0.5, 0.6) is 0 Å². The van der Waals surface area contributed by atoms with Crippen LogP contribution in [0.2, 0.25) is 0 Å². The Labute approximate surface area is 122 Å². The first kappa shape index (κ1) is 11.4. The molecule has 0 N–H and O–H groups in total. The third-order valence-electron chi connectivity index (χ3n) is 5.36. The largest absolute Gasteiger partial charge is 0.509 e. The molecule has 0 unspecified atom stereocenters. The van der Waals surface area contributed by atoms with Crippen LogP contribution in [-0.2, 0) is 14.9 Å². The van der Waals surface area contributed by atoms with Crippen molar-refractivity contribution in [3.63, 3.8) is 0 Å². The van der Waals surface area contributed by atoms with Gasteiger partial charge in [0.2, 0.25) is 0 Å². The van der Waals surface area contributed by atoms with Gasteiger partial charge in [-0.15, -0.1) is 0 Å². The second kappa shape index (κ2) is 3.48. The minimum absolute atomic E-state index is 0.0793. The maximum absolute atomic E-state index is 11.7. The van der Waals surface area contributed by atoms with E-state index >= 15 is 0 Å². The summed E-state index contributed by atoms with van der Waals surface area (Å²) in [5.74, 6) is 0.0793. The van der Waals surface area contributed by atoms with Crippen LogP contribution in [0.15, 0.2) is 48.5 Å². The molecule has 3 nitrogen and oxygen atoms in total. The molecule has 1 saturated heterocycles. The van der Waals surface area contributed by atoms with Crippen molar-refractivity contribution in [2.24, 2.45) is 0 Å². The molecule has 0 amide bonds. The molecule has 2 aromatic carbocycles. The van der Waals surface area contributed by atoms with E-state index in [1.165, 1.54) is 22.3 Å². The summed E-state index contributed by atoms with van der Waals surface area (Å²) in [5, 5.41) is 0. The van der Waals surface area contributed by atoms with E-state index in [9.17, 15) is 4.79 Å². The van der Waals surface area contributed by atoms with E-state index in [1.54, 1.807) is 0 Å². The van der Waals surface area contributed by atoms with Gasteiger partial charge in [-0.2, -0.15) is 0 Å². The molecule has 104 valence electrons. The fraction of sp³-hybridized carbons (Fsp3) is 0.278. The molecule has 2 aromatic rings. The molecule has 2 atom stereocenters. The van der Waals surface area contributed by atoms with Crippen LogP contribution in [0.4, 0.5) is 4.79 Å². The predicted octanol–water partition coefficient (Wildman–Crippen LogP) is 3.36. The minimum Gasteiger partial charge on any atom is -0.426 e. The average Bonchev–Trinajstić information content (AvgIpc) is 2.91. The van der Waals surface area contributed by atoms with Gasteiger partial charge in [0.1, 0.15) is 0 Å². The molecular formula is C18H14O3. The molecule has 0 saturated carbocycles. The van der Waals surface area contributed by atoms with Crippen molar-refractivity contribution in [2.45, 2.75) is 30.5 Å². The van der Waals surface area contributed by atoms with Gasteiger partial charge < -0.3 is 9.47 Å².